The zero-order valence-corrected chi connectivity index (χ0v) is 34.7. The van der Waals surface area contributed by atoms with Crippen LogP contribution in [-0.4, -0.2) is 76.9 Å². The normalized spacial score (nSPS) is 41.9. The van der Waals surface area contributed by atoms with E-state index in [0.29, 0.717) is 57.2 Å². The van der Waals surface area contributed by atoms with Gasteiger partial charge >= 0.3 is 5.97 Å². The predicted molar refractivity (Wildman–Crippen MR) is 218 cm³/mol. The molecule has 10 rings (SSSR count). The number of benzene rings is 2. The molecule has 10 atom stereocenters. The molecule has 4 saturated carbocycles. The highest BCUT2D eigenvalue weighted by Crippen LogP contribution is 2.78. The maximum Gasteiger partial charge on any atom is 0.313 e. The number of carbonyl (C=O) groups is 3. The Morgan fingerprint density at radius 2 is 1.54 bits per heavy atom. The fourth-order valence-corrected chi connectivity index (χ4v) is 14.2. The van der Waals surface area contributed by atoms with Crippen LogP contribution in [0.1, 0.15) is 109 Å². The number of hydrogen-bond donors (Lipinski definition) is 2. The summed E-state index contributed by atoms with van der Waals surface area (Å²) in [5.74, 6) is -0.436. The third kappa shape index (κ3) is 4.81. The lowest BCUT2D eigenvalue weighted by Gasteiger charge is -2.71. The monoisotopic (exact) mass is 775 g/mol. The molecule has 304 valence electrons. The van der Waals surface area contributed by atoms with Gasteiger partial charge in [0.25, 0.3) is 5.91 Å². The van der Waals surface area contributed by atoms with Crippen LogP contribution in [0.15, 0.2) is 78.4 Å². The van der Waals surface area contributed by atoms with E-state index in [0.717, 1.165) is 42.4 Å². The lowest BCUT2D eigenvalue weighted by atomic mass is 9.32. The van der Waals surface area contributed by atoms with Crippen LogP contribution in [0.5, 0.6) is 0 Å². The third-order valence-electron chi connectivity index (χ3n) is 18.2. The molecule has 1 saturated heterocycles. The highest BCUT2D eigenvalue weighted by molar-refractivity contribution is 6.14. The number of allylic oxidation sites excluding steroid dienone is 4. The van der Waals surface area contributed by atoms with Gasteiger partial charge in [0.15, 0.2) is 11.4 Å². The smallest absolute Gasteiger partial charge is 0.313 e. The minimum Gasteiger partial charge on any atom is -0.448 e. The van der Waals surface area contributed by atoms with E-state index in [-0.39, 0.29) is 41.5 Å². The lowest BCUT2D eigenvalue weighted by Crippen LogP contribution is -2.68. The van der Waals surface area contributed by atoms with Gasteiger partial charge in [0.05, 0.1) is 23.7 Å². The van der Waals surface area contributed by atoms with Crippen molar-refractivity contribution < 1.29 is 34.1 Å². The van der Waals surface area contributed by atoms with Crippen molar-refractivity contribution in [2.24, 2.45) is 44.3 Å². The minimum absolute atomic E-state index is 0.0232. The molecule has 57 heavy (non-hydrogen) atoms. The summed E-state index contributed by atoms with van der Waals surface area (Å²) < 4.78 is 11.6. The SMILES string of the molecule is COCCCN(C[C@]1(O)CC[C@H]2[C@]34C=C[C@@]5(C=C3C(=O)c3ccccc3-c3ccccc3)CC(O)CC[C@]5(C)[C@H]4CC[C@@]21C)C(=O)[C@@]12CC[C@@](C)(C(=O)O1)C2(C)C. The molecule has 1 heterocycles. The number of amides is 1. The first kappa shape index (κ1) is 38.9. The Balaban J connectivity index is 1.13. The van der Waals surface area contributed by atoms with Gasteiger partial charge in [0.1, 0.15) is 0 Å². The fraction of sp³-hybridized carbons (Fsp3) is 0.612. The molecule has 2 N–H and O–H groups in total. The number of ketones is 1. The second-order valence-corrected chi connectivity index (χ2v) is 20.3. The van der Waals surface area contributed by atoms with E-state index in [2.05, 4.69) is 44.2 Å². The Hall–Kier alpha value is -3.59. The van der Waals surface area contributed by atoms with Crippen LogP contribution in [-0.2, 0) is 19.1 Å². The molecule has 2 aromatic rings. The Morgan fingerprint density at radius 3 is 2.25 bits per heavy atom. The van der Waals surface area contributed by atoms with E-state index in [1.807, 2.05) is 63.2 Å². The fourth-order valence-electron chi connectivity index (χ4n) is 14.2. The Kier molecular flexibility index (Phi) is 8.67. The second-order valence-electron chi connectivity index (χ2n) is 20.3. The van der Waals surface area contributed by atoms with Crippen molar-refractivity contribution in [2.45, 2.75) is 116 Å². The van der Waals surface area contributed by atoms with E-state index in [1.165, 1.54) is 0 Å². The van der Waals surface area contributed by atoms with Gasteiger partial charge in [-0.3, -0.25) is 14.4 Å². The van der Waals surface area contributed by atoms with E-state index >= 15 is 9.59 Å². The molecular weight excluding hydrogens is 715 g/mol. The maximum absolute atomic E-state index is 15.6. The lowest BCUT2D eigenvalue weighted by molar-refractivity contribution is -0.187. The molecule has 1 amide bonds. The van der Waals surface area contributed by atoms with E-state index in [4.69, 9.17) is 9.47 Å². The molecule has 7 aliphatic carbocycles. The third-order valence-corrected chi connectivity index (χ3v) is 18.2. The number of aliphatic hydroxyl groups excluding tert-OH is 1. The highest BCUT2D eigenvalue weighted by atomic mass is 16.6. The number of hydrogen-bond acceptors (Lipinski definition) is 7. The molecule has 8 aliphatic rings. The first-order valence-corrected chi connectivity index (χ1v) is 21.5. The number of fused-ring (bicyclic) bond motifs is 3. The summed E-state index contributed by atoms with van der Waals surface area (Å²) in [6.45, 7) is 11.5. The van der Waals surface area contributed by atoms with Crippen LogP contribution in [0.4, 0.5) is 0 Å². The summed E-state index contributed by atoms with van der Waals surface area (Å²) in [7, 11) is 1.65. The van der Waals surface area contributed by atoms with Crippen LogP contribution in [0.25, 0.3) is 11.1 Å². The van der Waals surface area contributed by atoms with Crippen molar-refractivity contribution in [1.29, 1.82) is 0 Å². The number of carbonyl (C=O) groups excluding carboxylic acids is 3. The number of aliphatic hydroxyl groups is 2. The molecule has 0 aromatic heterocycles. The Labute approximate surface area is 338 Å². The number of nitrogens with zero attached hydrogens (tertiary/aromatic N) is 1. The molecule has 2 spiro atoms. The highest BCUT2D eigenvalue weighted by Gasteiger charge is 2.78. The average Bonchev–Trinajstić information content (AvgIpc) is 3.65. The number of esters is 1. The summed E-state index contributed by atoms with van der Waals surface area (Å²) >= 11 is 0. The number of rotatable bonds is 10. The Bertz CT molecular complexity index is 2080. The molecule has 8 heteroatoms. The van der Waals surface area contributed by atoms with Crippen molar-refractivity contribution in [2.75, 3.05) is 26.8 Å². The van der Waals surface area contributed by atoms with Crippen LogP contribution in [0.3, 0.4) is 0 Å². The standard InChI is InChI=1S/C49H61NO7/c1-42(2)45(5)23-26-49(42,57-41(45)54)40(53)50(27-12-28-56-6)31-47(55)22-19-38-44(47,4)21-18-37-43(3)20-17-33(51)29-46(43)24-25-48(37,38)36(30-46)39(52)35-16-11-10-15-34(35)32-13-8-7-9-14-32/h7-11,13-16,24-25,30,33,37-38,51,55H,12,17-23,26-29,31H2,1-6H3/t33?,37-,38-,43-,44+,45+,46+,47-,48-,49-/m1/s1. The van der Waals surface area contributed by atoms with Crippen molar-refractivity contribution in [3.8, 4) is 11.1 Å². The largest absolute Gasteiger partial charge is 0.448 e. The van der Waals surface area contributed by atoms with E-state index < -0.39 is 44.4 Å². The van der Waals surface area contributed by atoms with Gasteiger partial charge in [-0.25, -0.2) is 0 Å². The predicted octanol–water partition coefficient (Wildman–Crippen LogP) is 8.11. The number of Topliss-reactive ketones (excluding diaryl/α,β-unsaturated/α-hetero) is 1. The van der Waals surface area contributed by atoms with Crippen LogP contribution >= 0.6 is 0 Å². The molecule has 8 nitrogen and oxygen atoms in total. The molecule has 4 bridgehead atoms. The first-order chi connectivity index (χ1) is 27.0. The molecular formula is C49H61NO7. The topological polar surface area (TPSA) is 113 Å². The minimum atomic E-state index is -1.29. The molecule has 5 fully saturated rings. The summed E-state index contributed by atoms with van der Waals surface area (Å²) in [5, 5.41) is 24.5. The summed E-state index contributed by atoms with van der Waals surface area (Å²) in [4.78, 5) is 45.7. The van der Waals surface area contributed by atoms with Gasteiger partial charge in [0, 0.05) is 53.1 Å². The summed E-state index contributed by atoms with van der Waals surface area (Å²) in [6.07, 6.45) is 13.1. The van der Waals surface area contributed by atoms with Crippen molar-refractivity contribution in [3.63, 3.8) is 0 Å². The molecule has 2 aromatic carbocycles. The van der Waals surface area contributed by atoms with Crippen LogP contribution in [0, 0.1) is 44.3 Å². The zero-order chi connectivity index (χ0) is 40.4. The molecule has 1 aliphatic heterocycles. The van der Waals surface area contributed by atoms with Crippen LogP contribution in [0.2, 0.25) is 0 Å². The average molecular weight is 776 g/mol. The zero-order valence-electron chi connectivity index (χ0n) is 34.7. The molecule has 0 radical (unpaired) electrons. The van der Waals surface area contributed by atoms with Gasteiger partial charge in [-0.1, -0.05) is 101 Å². The van der Waals surface area contributed by atoms with Gasteiger partial charge in [-0.2, -0.15) is 0 Å². The van der Waals surface area contributed by atoms with E-state index in [1.54, 1.807) is 12.0 Å². The first-order valence-electron chi connectivity index (χ1n) is 21.5. The summed E-state index contributed by atoms with van der Waals surface area (Å²) in [6, 6.07) is 18.0. The van der Waals surface area contributed by atoms with Crippen LogP contribution < -0.4 is 0 Å². The number of ether oxygens (including phenoxy) is 2. The van der Waals surface area contributed by atoms with Gasteiger partial charge in [-0.15, -0.1) is 0 Å². The van der Waals surface area contributed by atoms with Gasteiger partial charge in [-0.05, 0) is 99.5 Å². The number of methoxy groups -OCH3 is 1. The van der Waals surface area contributed by atoms with Crippen molar-refractivity contribution >= 4 is 17.7 Å². The quantitative estimate of drug-likeness (QED) is 0.109. The second kappa shape index (κ2) is 12.7. The molecule has 1 unspecified atom stereocenters. The van der Waals surface area contributed by atoms with Gasteiger partial charge in [0.2, 0.25) is 0 Å². The van der Waals surface area contributed by atoms with E-state index in [9.17, 15) is 15.0 Å². The Morgan fingerprint density at radius 1 is 0.860 bits per heavy atom. The maximum atomic E-state index is 15.6. The summed E-state index contributed by atoms with van der Waals surface area (Å²) in [5.41, 5.74) is -2.53. The van der Waals surface area contributed by atoms with Crippen molar-refractivity contribution in [3.05, 3.63) is 84.0 Å². The van der Waals surface area contributed by atoms with Crippen molar-refractivity contribution in [1.82, 2.24) is 4.90 Å². The van der Waals surface area contributed by atoms with Gasteiger partial charge < -0.3 is 24.6 Å².